The monoisotopic (exact) mass is 376 g/mol. The molecule has 5 aromatic carbocycles. The van der Waals surface area contributed by atoms with Gasteiger partial charge in [0, 0.05) is 26.7 Å². The Labute approximate surface area is 163 Å². The summed E-state index contributed by atoms with van der Waals surface area (Å²) < 4.78 is 15.1. The predicted octanol–water partition coefficient (Wildman–Crippen LogP) is 5.61. The molecule has 132 valence electrons. The van der Waals surface area contributed by atoms with Crippen LogP contribution in [-0.2, 0) is 4.57 Å². The zero-order chi connectivity index (χ0) is 18.7. The summed E-state index contributed by atoms with van der Waals surface area (Å²) in [5.74, 6) is 0. The second kappa shape index (κ2) is 5.67. The minimum absolute atomic E-state index is 0.890. The van der Waals surface area contributed by atoms with Gasteiger partial charge in [0.05, 0.1) is 0 Å². The fourth-order valence-corrected chi connectivity index (χ4v) is 7.79. The van der Waals surface area contributed by atoms with Crippen molar-refractivity contribution in [2.24, 2.45) is 0 Å². The van der Waals surface area contributed by atoms with Crippen molar-refractivity contribution < 1.29 is 4.57 Å². The van der Waals surface area contributed by atoms with Gasteiger partial charge in [0.1, 0.15) is 0 Å². The number of benzene rings is 5. The van der Waals surface area contributed by atoms with Gasteiger partial charge in [-0.05, 0) is 21.9 Å². The lowest BCUT2D eigenvalue weighted by atomic mass is 9.94. The van der Waals surface area contributed by atoms with Crippen LogP contribution in [0.4, 0.5) is 0 Å². The topological polar surface area (TPSA) is 17.1 Å². The zero-order valence-corrected chi connectivity index (χ0v) is 16.1. The molecule has 0 unspecified atom stereocenters. The van der Waals surface area contributed by atoms with Gasteiger partial charge in [-0.15, -0.1) is 0 Å². The number of fused-ring (bicyclic) bond motifs is 1. The van der Waals surface area contributed by atoms with Crippen LogP contribution in [0.1, 0.15) is 0 Å². The molecular weight excluding hydrogens is 359 g/mol. The fourth-order valence-electron chi connectivity index (χ4n) is 4.66. The van der Waals surface area contributed by atoms with Gasteiger partial charge in [-0.1, -0.05) is 103 Å². The van der Waals surface area contributed by atoms with E-state index in [2.05, 4.69) is 60.7 Å². The average Bonchev–Trinajstić information content (AvgIpc) is 2.86. The molecule has 0 atom stereocenters. The first-order chi connectivity index (χ1) is 13.8. The first kappa shape index (κ1) is 15.9. The van der Waals surface area contributed by atoms with Crippen LogP contribution < -0.4 is 15.9 Å². The SMILES string of the molecule is O=P1(c2ccccc2)c2cccc3cccc(c23)-c2cccc3cccc1c23. The molecule has 1 aliphatic heterocycles. The summed E-state index contributed by atoms with van der Waals surface area (Å²) in [6.45, 7) is 0. The second-order valence-corrected chi connectivity index (χ2v) is 10.0. The van der Waals surface area contributed by atoms with Crippen molar-refractivity contribution in [3.63, 3.8) is 0 Å². The van der Waals surface area contributed by atoms with E-state index < -0.39 is 7.14 Å². The van der Waals surface area contributed by atoms with Crippen LogP contribution in [0, 0.1) is 0 Å². The number of hydrogen-bond acceptors (Lipinski definition) is 1. The van der Waals surface area contributed by atoms with Gasteiger partial charge in [-0.2, -0.15) is 0 Å². The van der Waals surface area contributed by atoms with E-state index in [1.54, 1.807) is 0 Å². The molecule has 0 aromatic heterocycles. The number of hydrogen-bond donors (Lipinski definition) is 0. The highest BCUT2D eigenvalue weighted by Gasteiger charge is 2.36. The van der Waals surface area contributed by atoms with Crippen molar-refractivity contribution in [3.05, 3.63) is 103 Å². The molecule has 28 heavy (non-hydrogen) atoms. The highest BCUT2D eigenvalue weighted by Crippen LogP contribution is 2.51. The summed E-state index contributed by atoms with van der Waals surface area (Å²) in [6, 6.07) is 35.2. The van der Waals surface area contributed by atoms with Crippen LogP contribution in [-0.4, -0.2) is 0 Å². The van der Waals surface area contributed by atoms with Crippen molar-refractivity contribution in [1.29, 1.82) is 0 Å². The van der Waals surface area contributed by atoms with Crippen LogP contribution in [0.25, 0.3) is 32.7 Å². The normalized spacial score (nSPS) is 14.1. The summed E-state index contributed by atoms with van der Waals surface area (Å²) >= 11 is 0. The van der Waals surface area contributed by atoms with E-state index in [1.165, 1.54) is 11.1 Å². The Morgan fingerprint density at radius 1 is 0.464 bits per heavy atom. The van der Waals surface area contributed by atoms with Gasteiger partial charge in [0.15, 0.2) is 7.14 Å². The van der Waals surface area contributed by atoms with Crippen LogP contribution in [0.2, 0.25) is 0 Å². The molecule has 0 N–H and O–H groups in total. The largest absolute Gasteiger partial charge is 0.309 e. The Kier molecular flexibility index (Phi) is 3.21. The Morgan fingerprint density at radius 3 is 1.43 bits per heavy atom. The molecule has 1 nitrogen and oxygen atoms in total. The van der Waals surface area contributed by atoms with E-state index >= 15 is 4.57 Å². The summed E-state index contributed by atoms with van der Waals surface area (Å²) in [4.78, 5) is 0. The first-order valence-corrected chi connectivity index (χ1v) is 11.2. The minimum atomic E-state index is -3.03. The number of rotatable bonds is 1. The third-order valence-electron chi connectivity index (χ3n) is 5.85. The van der Waals surface area contributed by atoms with Crippen LogP contribution in [0.15, 0.2) is 103 Å². The maximum absolute atomic E-state index is 15.1. The molecule has 6 rings (SSSR count). The fraction of sp³-hybridized carbons (Fsp3) is 0. The summed E-state index contributed by atoms with van der Waals surface area (Å²) in [7, 11) is -3.03. The molecule has 5 aromatic rings. The molecule has 0 saturated heterocycles. The Bertz CT molecular complexity index is 1330. The van der Waals surface area contributed by atoms with Crippen molar-refractivity contribution in [3.8, 4) is 11.1 Å². The summed E-state index contributed by atoms with van der Waals surface area (Å²) in [5, 5.41) is 7.27. The van der Waals surface area contributed by atoms with Crippen molar-refractivity contribution in [2.45, 2.75) is 0 Å². The third kappa shape index (κ3) is 1.95. The lowest BCUT2D eigenvalue weighted by Gasteiger charge is -2.21. The Balaban J connectivity index is 1.95. The van der Waals surface area contributed by atoms with Gasteiger partial charge in [-0.3, -0.25) is 0 Å². The standard InChI is InChI=1S/C26H17OP/c27-28(20-12-2-1-3-13-20)23-16-6-10-18-8-4-14-21(25(18)23)22-15-5-9-19-11-7-17-24(28)26(19)22/h1-17H. The highest BCUT2D eigenvalue weighted by atomic mass is 31.2. The molecule has 0 aliphatic carbocycles. The van der Waals surface area contributed by atoms with E-state index in [9.17, 15) is 0 Å². The van der Waals surface area contributed by atoms with Crippen LogP contribution in [0.3, 0.4) is 0 Å². The molecule has 0 fully saturated rings. The second-order valence-electron chi connectivity index (χ2n) is 7.31. The minimum Gasteiger partial charge on any atom is -0.309 e. The molecular formula is C26H17OP. The summed E-state index contributed by atoms with van der Waals surface area (Å²) in [6.07, 6.45) is 0. The molecule has 0 saturated carbocycles. The molecule has 0 bridgehead atoms. The van der Waals surface area contributed by atoms with Crippen molar-refractivity contribution in [1.82, 2.24) is 0 Å². The molecule has 1 aliphatic rings. The molecule has 0 amide bonds. The quantitative estimate of drug-likeness (QED) is 0.341. The molecule has 2 heteroatoms. The van der Waals surface area contributed by atoms with Gasteiger partial charge in [0.2, 0.25) is 0 Å². The average molecular weight is 376 g/mol. The van der Waals surface area contributed by atoms with E-state index in [1.807, 2.05) is 42.5 Å². The van der Waals surface area contributed by atoms with Gasteiger partial charge in [0.25, 0.3) is 0 Å². The maximum atomic E-state index is 15.1. The van der Waals surface area contributed by atoms with Gasteiger partial charge >= 0.3 is 0 Å². The van der Waals surface area contributed by atoms with Crippen molar-refractivity contribution >= 4 is 44.6 Å². The first-order valence-electron chi connectivity index (χ1n) is 9.49. The third-order valence-corrected chi connectivity index (χ3v) is 8.98. The predicted molar refractivity (Wildman–Crippen MR) is 120 cm³/mol. The highest BCUT2D eigenvalue weighted by molar-refractivity contribution is 7.86. The van der Waals surface area contributed by atoms with Gasteiger partial charge < -0.3 is 4.57 Å². The summed E-state index contributed by atoms with van der Waals surface area (Å²) in [5.41, 5.74) is 2.33. The smallest absolute Gasteiger partial charge is 0.172 e. The lowest BCUT2D eigenvalue weighted by Crippen LogP contribution is -2.25. The van der Waals surface area contributed by atoms with Crippen LogP contribution in [0.5, 0.6) is 0 Å². The molecule has 0 spiro atoms. The maximum Gasteiger partial charge on any atom is 0.172 e. The molecule has 1 heterocycles. The van der Waals surface area contributed by atoms with E-state index in [-0.39, 0.29) is 0 Å². The Hall–Kier alpha value is -3.15. The van der Waals surface area contributed by atoms with Gasteiger partial charge in [-0.25, -0.2) is 0 Å². The van der Waals surface area contributed by atoms with E-state index in [0.717, 1.165) is 37.5 Å². The molecule has 0 radical (unpaired) electrons. The lowest BCUT2D eigenvalue weighted by molar-refractivity contribution is 0.593. The van der Waals surface area contributed by atoms with E-state index in [0.29, 0.717) is 0 Å². The Morgan fingerprint density at radius 2 is 0.929 bits per heavy atom. The van der Waals surface area contributed by atoms with Crippen molar-refractivity contribution in [2.75, 3.05) is 0 Å². The van der Waals surface area contributed by atoms with Crippen LogP contribution >= 0.6 is 7.14 Å². The van der Waals surface area contributed by atoms with E-state index in [4.69, 9.17) is 0 Å². The zero-order valence-electron chi connectivity index (χ0n) is 15.2.